The summed E-state index contributed by atoms with van der Waals surface area (Å²) in [4.78, 5) is 23.7. The highest BCUT2D eigenvalue weighted by Crippen LogP contribution is 2.24. The highest BCUT2D eigenvalue weighted by molar-refractivity contribution is 5.73. The molecule has 0 saturated carbocycles. The van der Waals surface area contributed by atoms with Gasteiger partial charge < -0.3 is 40.9 Å². The predicted molar refractivity (Wildman–Crippen MR) is 322 cm³/mol. The van der Waals surface area contributed by atoms with Gasteiger partial charge in [0.2, 0.25) is 0 Å². The van der Waals surface area contributed by atoms with Crippen LogP contribution in [-0.4, -0.2) is 85.0 Å². The van der Waals surface area contributed by atoms with E-state index in [-0.39, 0.29) is 34.5 Å². The summed E-state index contributed by atoms with van der Waals surface area (Å²) in [5.74, 6) is 0.533. The number of aliphatic hydroxyl groups excluding tert-OH is 2. The first-order valence-electron chi connectivity index (χ1n) is 24.5. The van der Waals surface area contributed by atoms with E-state index in [1.165, 1.54) is 12.1 Å². The van der Waals surface area contributed by atoms with Crippen LogP contribution in [0.1, 0.15) is 55.6 Å². The highest BCUT2D eigenvalue weighted by atomic mass is 16.3. The number of aliphatic hydroxyl groups is 2. The van der Waals surface area contributed by atoms with Crippen LogP contribution in [0.4, 0.5) is 0 Å². The van der Waals surface area contributed by atoms with Crippen molar-refractivity contribution in [3.05, 3.63) is 288 Å². The molecule has 80 heavy (non-hydrogen) atoms. The standard InChI is InChI=1S/2C14H12O3.3C12H10N2.2CH4O/c2*15-12-5-3-10(4-6-12)1-2-11-7-13(16)9-14(17)8-11;3*1(11-3-7-13-8-4-11)2-12-5-9-14-10-6-12;2*1-2/h2*1-9,15-17H;3*1-10H;2*2H,1H3/b5*2-1+;;. The van der Waals surface area contributed by atoms with Gasteiger partial charge in [-0.2, -0.15) is 0 Å². The number of rotatable bonds is 10. The molecule has 0 bridgehead atoms. The predicted octanol–water partition coefficient (Wildman–Crippen LogP) is 13.1. The maximum absolute atomic E-state index is 9.30. The molecule has 0 radical (unpaired) electrons. The van der Waals surface area contributed by atoms with Gasteiger partial charge in [-0.15, -0.1) is 0 Å². The Morgan fingerprint density at radius 3 is 0.512 bits per heavy atom. The van der Waals surface area contributed by atoms with Gasteiger partial charge in [0.25, 0.3) is 0 Å². The molecule has 0 unspecified atom stereocenters. The Morgan fingerprint density at radius 2 is 0.338 bits per heavy atom. The molecule has 6 heterocycles. The van der Waals surface area contributed by atoms with Gasteiger partial charge in [0.15, 0.2) is 0 Å². The molecule has 14 heteroatoms. The Bertz CT molecular complexity index is 2920. The van der Waals surface area contributed by atoms with Crippen LogP contribution >= 0.6 is 0 Å². The number of pyridine rings is 6. The fourth-order valence-electron chi connectivity index (χ4n) is 6.41. The quantitative estimate of drug-likeness (QED) is 0.0595. The van der Waals surface area contributed by atoms with Crippen LogP contribution in [0.5, 0.6) is 34.5 Å². The summed E-state index contributed by atoms with van der Waals surface area (Å²) in [6.45, 7) is 0. The maximum atomic E-state index is 9.30. The van der Waals surface area contributed by atoms with Crippen molar-refractivity contribution in [3.63, 3.8) is 0 Å². The lowest BCUT2D eigenvalue weighted by molar-refractivity contribution is 0.399. The second-order valence-electron chi connectivity index (χ2n) is 16.1. The van der Waals surface area contributed by atoms with Crippen LogP contribution in [0.3, 0.4) is 0 Å². The second-order valence-corrected chi connectivity index (χ2v) is 16.1. The molecule has 8 N–H and O–H groups in total. The molecule has 0 aliphatic rings. The Hall–Kier alpha value is -10.8. The van der Waals surface area contributed by atoms with Crippen molar-refractivity contribution in [1.29, 1.82) is 0 Å². The van der Waals surface area contributed by atoms with Crippen molar-refractivity contribution >= 4 is 60.8 Å². The number of phenols is 6. The molecule has 0 atom stereocenters. The van der Waals surface area contributed by atoms with Gasteiger partial charge in [0.1, 0.15) is 34.5 Å². The minimum atomic E-state index is 0.0235. The van der Waals surface area contributed by atoms with E-state index in [1.54, 1.807) is 159 Å². The third-order valence-corrected chi connectivity index (χ3v) is 10.2. The minimum absolute atomic E-state index is 0.0235. The van der Waals surface area contributed by atoms with Crippen LogP contribution in [0, 0.1) is 0 Å². The fraction of sp³-hybridized carbons (Fsp3) is 0.0303. The van der Waals surface area contributed by atoms with Crippen molar-refractivity contribution in [3.8, 4) is 34.5 Å². The summed E-state index contributed by atoms with van der Waals surface area (Å²) in [6.07, 6.45) is 40.9. The smallest absolute Gasteiger partial charge is 0.119 e. The van der Waals surface area contributed by atoms with Gasteiger partial charge in [0.05, 0.1) is 0 Å². The van der Waals surface area contributed by atoms with Crippen LogP contribution in [0.15, 0.2) is 232 Å². The lowest BCUT2D eigenvalue weighted by atomic mass is 10.1. The van der Waals surface area contributed by atoms with Crippen molar-refractivity contribution in [1.82, 2.24) is 29.9 Å². The Balaban J connectivity index is 0.000000212. The third-order valence-electron chi connectivity index (χ3n) is 10.2. The van der Waals surface area contributed by atoms with Gasteiger partial charge in [-0.25, -0.2) is 0 Å². The molecule has 0 fully saturated rings. The number of hydrogen-bond acceptors (Lipinski definition) is 14. The summed E-state index contributed by atoms with van der Waals surface area (Å²) < 4.78 is 0. The number of hydrogen-bond donors (Lipinski definition) is 8. The molecule has 10 rings (SSSR count). The molecule has 10 aromatic rings. The van der Waals surface area contributed by atoms with E-state index in [2.05, 4.69) is 66.4 Å². The molecule has 0 aliphatic heterocycles. The van der Waals surface area contributed by atoms with Crippen molar-refractivity contribution in [2.24, 2.45) is 0 Å². The average molecular weight is 1070 g/mol. The molecule has 14 nitrogen and oxygen atoms in total. The van der Waals surface area contributed by atoms with E-state index in [0.29, 0.717) is 11.1 Å². The van der Waals surface area contributed by atoms with Gasteiger partial charge in [-0.05, 0) is 177 Å². The zero-order valence-electron chi connectivity index (χ0n) is 44.0. The maximum Gasteiger partial charge on any atom is 0.119 e. The molecule has 0 spiro atoms. The zero-order chi connectivity index (χ0) is 57.4. The van der Waals surface area contributed by atoms with Gasteiger partial charge in [-0.3, -0.25) is 29.9 Å². The van der Waals surface area contributed by atoms with E-state index in [9.17, 15) is 20.4 Å². The summed E-state index contributed by atoms with van der Waals surface area (Å²) in [6, 6.07) is 45.9. The van der Waals surface area contributed by atoms with Crippen molar-refractivity contribution < 1.29 is 40.9 Å². The molecule has 6 aromatic heterocycles. The zero-order valence-corrected chi connectivity index (χ0v) is 44.0. The van der Waals surface area contributed by atoms with Gasteiger partial charge in [-0.1, -0.05) is 85.0 Å². The summed E-state index contributed by atoms with van der Waals surface area (Å²) in [5, 5.41) is 69.5. The monoisotopic (exact) mass is 1070 g/mol. The van der Waals surface area contributed by atoms with E-state index in [0.717, 1.165) is 58.7 Å². The third kappa shape index (κ3) is 26.1. The number of benzene rings is 4. The number of aromatic hydroxyl groups is 6. The van der Waals surface area contributed by atoms with Crippen LogP contribution in [0.25, 0.3) is 60.8 Å². The molecular weight excluding hydrogens is 1000 g/mol. The second kappa shape index (κ2) is 37.0. The van der Waals surface area contributed by atoms with Crippen LogP contribution < -0.4 is 0 Å². The average Bonchev–Trinajstić information content (AvgIpc) is 3.50. The van der Waals surface area contributed by atoms with Crippen LogP contribution in [-0.2, 0) is 0 Å². The van der Waals surface area contributed by atoms with E-state index in [4.69, 9.17) is 20.4 Å². The molecule has 0 amide bonds. The molecule has 0 aliphatic carbocycles. The number of phenolic OH excluding ortho intramolecular Hbond substituents is 6. The Kier molecular flexibility index (Phi) is 28.6. The Morgan fingerprint density at radius 1 is 0.188 bits per heavy atom. The molecular formula is C66H62N6O8. The van der Waals surface area contributed by atoms with E-state index >= 15 is 0 Å². The van der Waals surface area contributed by atoms with Crippen molar-refractivity contribution in [2.45, 2.75) is 0 Å². The van der Waals surface area contributed by atoms with Gasteiger partial charge >= 0.3 is 0 Å². The first-order chi connectivity index (χ1) is 39.1. The summed E-state index contributed by atoms with van der Waals surface area (Å²) in [7, 11) is 2.00. The molecule has 404 valence electrons. The summed E-state index contributed by atoms with van der Waals surface area (Å²) >= 11 is 0. The van der Waals surface area contributed by atoms with Crippen LogP contribution in [0.2, 0.25) is 0 Å². The highest BCUT2D eigenvalue weighted by Gasteiger charge is 1.98. The number of aromatic nitrogens is 6. The topological polar surface area (TPSA) is 239 Å². The minimum Gasteiger partial charge on any atom is -0.508 e. The van der Waals surface area contributed by atoms with Crippen molar-refractivity contribution in [2.75, 3.05) is 14.2 Å². The van der Waals surface area contributed by atoms with E-state index < -0.39 is 0 Å². The molecule has 4 aromatic carbocycles. The lowest BCUT2D eigenvalue weighted by Crippen LogP contribution is -1.74. The fourth-order valence-corrected chi connectivity index (χ4v) is 6.41. The first-order valence-corrected chi connectivity index (χ1v) is 24.5. The lowest BCUT2D eigenvalue weighted by Gasteiger charge is -1.98. The first kappa shape index (κ1) is 61.7. The van der Waals surface area contributed by atoms with Gasteiger partial charge in [0, 0.05) is 101 Å². The normalized spacial score (nSPS) is 10.3. The number of nitrogens with zero attached hydrogens (tertiary/aromatic N) is 6. The summed E-state index contributed by atoms with van der Waals surface area (Å²) in [5.41, 5.74) is 10.2. The SMILES string of the molecule is C(=C\c1ccncc1)/c1ccncc1.C(=C\c1ccncc1)/c1ccncc1.C(=C\c1ccncc1)/c1ccncc1.CO.CO.Oc1ccc(/C=C/c2cc(O)cc(O)c2)cc1.Oc1ccc(/C=C/c2cc(O)cc(O)c2)cc1. The van der Waals surface area contributed by atoms with E-state index in [1.807, 2.05) is 84.9 Å². The molecule has 0 saturated heterocycles. The Labute approximate surface area is 466 Å². The largest absolute Gasteiger partial charge is 0.508 e.